The smallest absolute Gasteiger partial charge is 0.234 e. The highest BCUT2D eigenvalue weighted by Gasteiger charge is 2.40. The van der Waals surface area contributed by atoms with Gasteiger partial charge >= 0.3 is 0 Å². The van der Waals surface area contributed by atoms with Gasteiger partial charge < -0.3 is 15.8 Å². The van der Waals surface area contributed by atoms with Gasteiger partial charge in [-0.25, -0.2) is 4.39 Å². The van der Waals surface area contributed by atoms with E-state index >= 15 is 0 Å². The maximum absolute atomic E-state index is 14.2. The molecular formula is C15H19FN2O2. The summed E-state index contributed by atoms with van der Waals surface area (Å²) < 4.78 is 19.8. The van der Waals surface area contributed by atoms with Crippen molar-refractivity contribution in [2.75, 3.05) is 11.9 Å². The lowest BCUT2D eigenvalue weighted by Gasteiger charge is -2.22. The number of anilines is 1. The molecule has 5 heteroatoms. The molecular weight excluding hydrogens is 259 g/mol. The van der Waals surface area contributed by atoms with Crippen LogP contribution in [0.4, 0.5) is 10.1 Å². The molecule has 0 saturated carbocycles. The third-order valence-electron chi connectivity index (χ3n) is 4.34. The number of amides is 1. The number of nitrogens with one attached hydrogen (secondary N) is 1. The first-order valence-electron chi connectivity index (χ1n) is 6.94. The van der Waals surface area contributed by atoms with Gasteiger partial charge in [-0.05, 0) is 43.9 Å². The molecule has 2 heterocycles. The molecule has 1 amide bonds. The van der Waals surface area contributed by atoms with Crippen LogP contribution >= 0.6 is 0 Å². The number of carbonyl (C=O) groups is 1. The van der Waals surface area contributed by atoms with Crippen molar-refractivity contribution in [3.63, 3.8) is 0 Å². The fraction of sp³-hybridized carbons (Fsp3) is 0.533. The predicted molar refractivity (Wildman–Crippen MR) is 74.0 cm³/mol. The van der Waals surface area contributed by atoms with E-state index in [2.05, 4.69) is 5.32 Å². The lowest BCUT2D eigenvalue weighted by Crippen LogP contribution is -2.28. The molecule has 0 spiro atoms. The molecule has 1 aromatic rings. The summed E-state index contributed by atoms with van der Waals surface area (Å²) in [5, 5.41) is 2.61. The van der Waals surface area contributed by atoms with Crippen LogP contribution < -0.4 is 11.1 Å². The lowest BCUT2D eigenvalue weighted by atomic mass is 9.84. The van der Waals surface area contributed by atoms with Crippen LogP contribution in [-0.2, 0) is 14.9 Å². The van der Waals surface area contributed by atoms with Crippen molar-refractivity contribution in [2.24, 2.45) is 5.73 Å². The Kier molecular flexibility index (Phi) is 3.06. The largest absolute Gasteiger partial charge is 0.376 e. The first-order chi connectivity index (χ1) is 9.41. The summed E-state index contributed by atoms with van der Waals surface area (Å²) in [7, 11) is 0. The van der Waals surface area contributed by atoms with E-state index in [1.807, 2.05) is 6.07 Å². The number of hydrogen-bond acceptors (Lipinski definition) is 3. The van der Waals surface area contributed by atoms with Crippen LogP contribution in [0.3, 0.4) is 0 Å². The van der Waals surface area contributed by atoms with E-state index in [1.165, 1.54) is 6.07 Å². The van der Waals surface area contributed by atoms with E-state index < -0.39 is 11.2 Å². The quantitative estimate of drug-likeness (QED) is 0.872. The average molecular weight is 278 g/mol. The van der Waals surface area contributed by atoms with E-state index in [-0.39, 0.29) is 23.7 Å². The molecule has 3 N–H and O–H groups in total. The Morgan fingerprint density at radius 1 is 1.50 bits per heavy atom. The van der Waals surface area contributed by atoms with Crippen LogP contribution in [0.2, 0.25) is 0 Å². The van der Waals surface area contributed by atoms with E-state index in [0.717, 1.165) is 12.8 Å². The van der Waals surface area contributed by atoms with E-state index in [1.54, 1.807) is 13.8 Å². The number of carbonyl (C=O) groups excluding carboxylic acids is 1. The van der Waals surface area contributed by atoms with Gasteiger partial charge in [0.2, 0.25) is 5.91 Å². The summed E-state index contributed by atoms with van der Waals surface area (Å²) in [4.78, 5) is 11.9. The van der Waals surface area contributed by atoms with Crippen LogP contribution in [0.25, 0.3) is 0 Å². The minimum atomic E-state index is -0.734. The number of hydrogen-bond donors (Lipinski definition) is 2. The molecule has 0 bridgehead atoms. The molecule has 1 fully saturated rings. The van der Waals surface area contributed by atoms with Crippen molar-refractivity contribution < 1.29 is 13.9 Å². The molecule has 2 unspecified atom stereocenters. The van der Waals surface area contributed by atoms with Gasteiger partial charge in [-0.1, -0.05) is 6.07 Å². The minimum Gasteiger partial charge on any atom is -0.376 e. The first kappa shape index (κ1) is 13.5. The lowest BCUT2D eigenvalue weighted by molar-refractivity contribution is -0.119. The number of fused-ring (bicyclic) bond motifs is 1. The second-order valence-electron chi connectivity index (χ2n) is 6.08. The van der Waals surface area contributed by atoms with Crippen molar-refractivity contribution in [1.82, 2.24) is 0 Å². The summed E-state index contributed by atoms with van der Waals surface area (Å²) in [6.45, 7) is 4.28. The summed E-state index contributed by atoms with van der Waals surface area (Å²) in [6.07, 6.45) is 1.80. The Balaban J connectivity index is 2.01. The van der Waals surface area contributed by atoms with Gasteiger partial charge in [-0.2, -0.15) is 0 Å². The molecule has 2 aliphatic heterocycles. The third kappa shape index (κ3) is 1.93. The van der Waals surface area contributed by atoms with Crippen LogP contribution in [-0.4, -0.2) is 18.6 Å². The van der Waals surface area contributed by atoms with Crippen molar-refractivity contribution >= 4 is 11.6 Å². The van der Waals surface area contributed by atoms with Gasteiger partial charge in [-0.3, -0.25) is 4.79 Å². The van der Waals surface area contributed by atoms with Gasteiger partial charge in [0, 0.05) is 6.61 Å². The van der Waals surface area contributed by atoms with Crippen LogP contribution in [0.15, 0.2) is 12.1 Å². The fourth-order valence-electron chi connectivity index (χ4n) is 2.93. The zero-order valence-corrected chi connectivity index (χ0v) is 11.7. The number of rotatable bonds is 2. The van der Waals surface area contributed by atoms with E-state index in [4.69, 9.17) is 10.5 Å². The van der Waals surface area contributed by atoms with Gasteiger partial charge in [0.25, 0.3) is 0 Å². The molecule has 20 heavy (non-hydrogen) atoms. The highest BCUT2D eigenvalue weighted by molar-refractivity contribution is 6.05. The summed E-state index contributed by atoms with van der Waals surface area (Å²) in [5.74, 6) is -0.612. The van der Waals surface area contributed by atoms with Crippen molar-refractivity contribution in [3.8, 4) is 0 Å². The van der Waals surface area contributed by atoms with Gasteiger partial charge in [-0.15, -0.1) is 0 Å². The molecule has 4 nitrogen and oxygen atoms in total. The van der Waals surface area contributed by atoms with Crippen LogP contribution in [0, 0.1) is 5.82 Å². The van der Waals surface area contributed by atoms with Crippen molar-refractivity contribution in [3.05, 3.63) is 29.1 Å². The second-order valence-corrected chi connectivity index (χ2v) is 6.08. The normalized spacial score (nSPS) is 25.4. The number of halogens is 1. The monoisotopic (exact) mass is 278 g/mol. The van der Waals surface area contributed by atoms with Crippen molar-refractivity contribution in [2.45, 2.75) is 44.2 Å². The molecule has 1 aromatic carbocycles. The average Bonchev–Trinajstić information content (AvgIpc) is 2.99. The Morgan fingerprint density at radius 2 is 2.25 bits per heavy atom. The highest BCUT2D eigenvalue weighted by atomic mass is 19.1. The second kappa shape index (κ2) is 4.53. The molecule has 2 aliphatic rings. The number of benzene rings is 1. The molecule has 1 saturated heterocycles. The zero-order valence-electron chi connectivity index (χ0n) is 11.7. The topological polar surface area (TPSA) is 64.4 Å². The molecule has 0 aromatic heterocycles. The van der Waals surface area contributed by atoms with Gasteiger partial charge in [0.1, 0.15) is 5.82 Å². The van der Waals surface area contributed by atoms with E-state index in [0.29, 0.717) is 17.7 Å². The first-order valence-corrected chi connectivity index (χ1v) is 6.94. The van der Waals surface area contributed by atoms with E-state index in [9.17, 15) is 9.18 Å². The molecule has 2 atom stereocenters. The Morgan fingerprint density at radius 3 is 2.90 bits per heavy atom. The molecule has 0 radical (unpaired) electrons. The highest BCUT2D eigenvalue weighted by Crippen LogP contribution is 2.41. The summed E-state index contributed by atoms with van der Waals surface area (Å²) in [5.41, 5.74) is 7.10. The van der Waals surface area contributed by atoms with Crippen LogP contribution in [0.5, 0.6) is 0 Å². The number of nitrogens with two attached hydrogens (primary N) is 1. The van der Waals surface area contributed by atoms with Gasteiger partial charge in [0.15, 0.2) is 0 Å². The minimum absolute atomic E-state index is 0.0689. The zero-order chi connectivity index (χ0) is 14.5. The Hall–Kier alpha value is -1.46. The summed E-state index contributed by atoms with van der Waals surface area (Å²) >= 11 is 0. The standard InChI is InChI=1S/C15H19FN2O2/c1-15(2)9-6-8(12(17)11-4-3-5-20-11)7-10(16)13(9)18-14(15)19/h6-7,11-12H,3-5,17H2,1-2H3,(H,18,19). The van der Waals surface area contributed by atoms with Gasteiger partial charge in [0.05, 0.1) is 23.2 Å². The SMILES string of the molecule is CC1(C)C(=O)Nc2c(F)cc(C(N)C3CCCO3)cc21. The third-order valence-corrected chi connectivity index (χ3v) is 4.34. The maximum atomic E-state index is 14.2. The number of ether oxygens (including phenoxy) is 1. The fourth-order valence-corrected chi connectivity index (χ4v) is 2.93. The summed E-state index contributed by atoms with van der Waals surface area (Å²) in [6, 6.07) is 2.89. The van der Waals surface area contributed by atoms with Crippen molar-refractivity contribution in [1.29, 1.82) is 0 Å². The Bertz CT molecular complexity index is 565. The molecule has 0 aliphatic carbocycles. The Labute approximate surface area is 117 Å². The predicted octanol–water partition coefficient (Wildman–Crippen LogP) is 2.23. The molecule has 3 rings (SSSR count). The molecule has 108 valence electrons. The maximum Gasteiger partial charge on any atom is 0.234 e. The van der Waals surface area contributed by atoms with Crippen LogP contribution in [0.1, 0.15) is 43.9 Å².